The van der Waals surface area contributed by atoms with E-state index in [-0.39, 0.29) is 18.5 Å². The van der Waals surface area contributed by atoms with E-state index < -0.39 is 5.97 Å². The Morgan fingerprint density at radius 3 is 2.32 bits per heavy atom. The van der Waals surface area contributed by atoms with Crippen molar-refractivity contribution >= 4 is 12.0 Å². The summed E-state index contributed by atoms with van der Waals surface area (Å²) in [5.41, 5.74) is 1.42. The number of carbonyl (C=O) groups excluding carboxylic acids is 1. The van der Waals surface area contributed by atoms with Gasteiger partial charge in [-0.3, -0.25) is 9.69 Å². The molecule has 2 N–H and O–H groups in total. The smallest absolute Gasteiger partial charge is 0.317 e. The zero-order chi connectivity index (χ0) is 20.6. The van der Waals surface area contributed by atoms with Gasteiger partial charge in [-0.2, -0.15) is 0 Å². The Morgan fingerprint density at radius 2 is 1.75 bits per heavy atom. The minimum absolute atomic E-state index is 0.0539. The molecule has 1 saturated heterocycles. The first-order valence-corrected chi connectivity index (χ1v) is 10.3. The molecule has 0 aliphatic carbocycles. The molecule has 1 heterocycles. The van der Waals surface area contributed by atoms with Crippen LogP contribution in [0.25, 0.3) is 0 Å². The SMILES string of the molecule is CC(C)(C)CCN1CCN(C(=O)NC(CCC(=O)O)Cc2ccccc2)CC1. The van der Waals surface area contributed by atoms with Crippen molar-refractivity contribution in [3.63, 3.8) is 0 Å². The lowest BCUT2D eigenvalue weighted by atomic mass is 9.92. The summed E-state index contributed by atoms with van der Waals surface area (Å²) in [6, 6.07) is 9.63. The molecule has 1 fully saturated rings. The maximum Gasteiger partial charge on any atom is 0.317 e. The second-order valence-electron chi connectivity index (χ2n) is 8.91. The highest BCUT2D eigenvalue weighted by atomic mass is 16.4. The first-order valence-electron chi connectivity index (χ1n) is 10.3. The summed E-state index contributed by atoms with van der Waals surface area (Å²) in [5.74, 6) is -0.834. The third-order valence-electron chi connectivity index (χ3n) is 5.20. The predicted molar refractivity (Wildman–Crippen MR) is 111 cm³/mol. The largest absolute Gasteiger partial charge is 0.481 e. The number of nitrogens with zero attached hydrogens (tertiary/aromatic N) is 2. The molecule has 0 aromatic heterocycles. The van der Waals surface area contributed by atoms with Gasteiger partial charge in [0.1, 0.15) is 0 Å². The van der Waals surface area contributed by atoms with Crippen LogP contribution >= 0.6 is 0 Å². The van der Waals surface area contributed by atoms with Gasteiger partial charge in [0, 0.05) is 38.6 Å². The number of carbonyl (C=O) groups is 2. The Hall–Kier alpha value is -2.08. The number of hydrogen-bond acceptors (Lipinski definition) is 3. The molecule has 0 spiro atoms. The average molecular weight is 390 g/mol. The van der Waals surface area contributed by atoms with Crippen molar-refractivity contribution in [3.8, 4) is 0 Å². The molecule has 6 heteroatoms. The van der Waals surface area contributed by atoms with Crippen LogP contribution in [0.3, 0.4) is 0 Å². The van der Waals surface area contributed by atoms with Crippen molar-refractivity contribution in [2.24, 2.45) is 5.41 Å². The number of carboxylic acids is 1. The number of hydrogen-bond donors (Lipinski definition) is 2. The van der Waals surface area contributed by atoms with Crippen molar-refractivity contribution in [2.45, 2.75) is 52.5 Å². The number of urea groups is 1. The van der Waals surface area contributed by atoms with E-state index >= 15 is 0 Å². The molecule has 1 aliphatic rings. The molecule has 0 saturated carbocycles. The highest BCUT2D eigenvalue weighted by Crippen LogP contribution is 2.19. The van der Waals surface area contributed by atoms with Gasteiger partial charge in [-0.1, -0.05) is 51.1 Å². The first-order chi connectivity index (χ1) is 13.2. The average Bonchev–Trinajstić information content (AvgIpc) is 2.65. The molecule has 1 atom stereocenters. The number of aliphatic carboxylic acids is 1. The van der Waals surface area contributed by atoms with Crippen molar-refractivity contribution in [1.29, 1.82) is 0 Å². The summed E-state index contributed by atoms with van der Waals surface area (Å²) in [7, 11) is 0. The summed E-state index contributed by atoms with van der Waals surface area (Å²) >= 11 is 0. The third kappa shape index (κ3) is 8.30. The number of amides is 2. The summed E-state index contributed by atoms with van der Waals surface area (Å²) in [6.45, 7) is 11.0. The normalized spacial score (nSPS) is 16.6. The molecule has 28 heavy (non-hydrogen) atoms. The van der Waals surface area contributed by atoms with Gasteiger partial charge in [0.2, 0.25) is 0 Å². The molecular formula is C22H35N3O3. The maximum atomic E-state index is 12.7. The lowest BCUT2D eigenvalue weighted by molar-refractivity contribution is -0.137. The number of benzene rings is 1. The van der Waals surface area contributed by atoms with E-state index in [0.29, 0.717) is 31.3 Å². The van der Waals surface area contributed by atoms with Crippen LogP contribution in [0.4, 0.5) is 4.79 Å². The van der Waals surface area contributed by atoms with Gasteiger partial charge in [-0.25, -0.2) is 4.79 Å². The molecule has 0 bridgehead atoms. The van der Waals surface area contributed by atoms with E-state index in [2.05, 4.69) is 31.0 Å². The highest BCUT2D eigenvalue weighted by molar-refractivity contribution is 5.75. The van der Waals surface area contributed by atoms with Gasteiger partial charge in [0.15, 0.2) is 0 Å². The minimum atomic E-state index is -0.834. The standard InChI is InChI=1S/C22H35N3O3/c1-22(2,3)11-12-24-13-15-25(16-14-24)21(28)23-19(9-10-20(26)27)17-18-7-5-4-6-8-18/h4-8,19H,9-17H2,1-3H3,(H,23,28)(H,26,27). The van der Waals surface area contributed by atoms with Gasteiger partial charge in [0.05, 0.1) is 0 Å². The fourth-order valence-electron chi connectivity index (χ4n) is 3.36. The van der Waals surface area contributed by atoms with Gasteiger partial charge in [-0.05, 0) is 36.8 Å². The van der Waals surface area contributed by atoms with E-state index in [0.717, 1.165) is 31.6 Å². The molecule has 1 unspecified atom stereocenters. The second kappa shape index (κ2) is 10.5. The van der Waals surface area contributed by atoms with E-state index in [1.54, 1.807) is 0 Å². The van der Waals surface area contributed by atoms with Crippen LogP contribution in [-0.2, 0) is 11.2 Å². The molecule has 2 amide bonds. The number of nitrogens with one attached hydrogen (secondary N) is 1. The number of rotatable bonds is 8. The molecule has 1 aromatic carbocycles. The van der Waals surface area contributed by atoms with Crippen LogP contribution in [-0.4, -0.2) is 65.7 Å². The van der Waals surface area contributed by atoms with Crippen LogP contribution in [0.15, 0.2) is 30.3 Å². The summed E-state index contributed by atoms with van der Waals surface area (Å²) in [4.78, 5) is 28.0. The third-order valence-corrected chi connectivity index (χ3v) is 5.20. The Balaban J connectivity index is 1.84. The van der Waals surface area contributed by atoms with E-state index in [9.17, 15) is 9.59 Å². The summed E-state index contributed by atoms with van der Waals surface area (Å²) < 4.78 is 0. The van der Waals surface area contributed by atoms with Crippen LogP contribution < -0.4 is 5.32 Å². The molecule has 156 valence electrons. The maximum absolute atomic E-state index is 12.7. The monoisotopic (exact) mass is 389 g/mol. The molecule has 0 radical (unpaired) electrons. The number of piperazine rings is 1. The van der Waals surface area contributed by atoms with Gasteiger partial charge in [0.25, 0.3) is 0 Å². The van der Waals surface area contributed by atoms with Crippen molar-refractivity contribution in [1.82, 2.24) is 15.1 Å². The van der Waals surface area contributed by atoms with Gasteiger partial charge < -0.3 is 15.3 Å². The molecule has 2 rings (SSSR count). The van der Waals surface area contributed by atoms with Gasteiger partial charge >= 0.3 is 12.0 Å². The number of carboxylic acid groups (broad SMARTS) is 1. The molecule has 6 nitrogen and oxygen atoms in total. The Labute approximate surface area is 168 Å². The Bertz CT molecular complexity index is 620. The quantitative estimate of drug-likeness (QED) is 0.716. The first kappa shape index (κ1) is 22.2. The topological polar surface area (TPSA) is 72.9 Å². The van der Waals surface area contributed by atoms with Crippen LogP contribution in [0.1, 0.15) is 45.6 Å². The fraction of sp³-hybridized carbons (Fsp3) is 0.636. The van der Waals surface area contributed by atoms with Crippen molar-refractivity contribution in [3.05, 3.63) is 35.9 Å². The highest BCUT2D eigenvalue weighted by Gasteiger charge is 2.24. The van der Waals surface area contributed by atoms with Crippen molar-refractivity contribution in [2.75, 3.05) is 32.7 Å². The van der Waals surface area contributed by atoms with Crippen LogP contribution in [0.2, 0.25) is 0 Å². The summed E-state index contributed by atoms with van der Waals surface area (Å²) in [5, 5.41) is 12.1. The minimum Gasteiger partial charge on any atom is -0.481 e. The zero-order valence-electron chi connectivity index (χ0n) is 17.5. The molecule has 1 aromatic rings. The Morgan fingerprint density at radius 1 is 1.11 bits per heavy atom. The van der Waals surface area contributed by atoms with E-state index in [4.69, 9.17) is 5.11 Å². The molecule has 1 aliphatic heterocycles. The van der Waals surface area contributed by atoms with E-state index in [1.807, 2.05) is 35.2 Å². The van der Waals surface area contributed by atoms with Gasteiger partial charge in [-0.15, -0.1) is 0 Å². The fourth-order valence-corrected chi connectivity index (χ4v) is 3.36. The lowest BCUT2D eigenvalue weighted by Crippen LogP contribution is -2.54. The summed E-state index contributed by atoms with van der Waals surface area (Å²) in [6.07, 6.45) is 2.28. The van der Waals surface area contributed by atoms with Crippen LogP contribution in [0.5, 0.6) is 0 Å². The zero-order valence-corrected chi connectivity index (χ0v) is 17.5. The predicted octanol–water partition coefficient (Wildman–Crippen LogP) is 3.23. The van der Waals surface area contributed by atoms with Crippen LogP contribution in [0, 0.1) is 5.41 Å². The molecular weight excluding hydrogens is 354 g/mol. The lowest BCUT2D eigenvalue weighted by Gasteiger charge is -2.36. The van der Waals surface area contributed by atoms with Crippen molar-refractivity contribution < 1.29 is 14.7 Å². The second-order valence-corrected chi connectivity index (χ2v) is 8.91. The Kier molecular flexibility index (Phi) is 8.30. The van der Waals surface area contributed by atoms with E-state index in [1.165, 1.54) is 0 Å².